The lowest BCUT2D eigenvalue weighted by atomic mass is 9.99. The second-order valence-corrected chi connectivity index (χ2v) is 6.13. The number of ether oxygens (including phenoxy) is 1. The van der Waals surface area contributed by atoms with E-state index >= 15 is 0 Å². The van der Waals surface area contributed by atoms with E-state index in [4.69, 9.17) is 0 Å². The highest BCUT2D eigenvalue weighted by Crippen LogP contribution is 2.35. The lowest BCUT2D eigenvalue weighted by Gasteiger charge is -2.17. The van der Waals surface area contributed by atoms with Crippen LogP contribution >= 0.6 is 0 Å². The number of nitrogens with zero attached hydrogens (tertiary/aromatic N) is 1. The number of esters is 1. The van der Waals surface area contributed by atoms with Crippen molar-refractivity contribution in [1.82, 2.24) is 0 Å². The minimum absolute atomic E-state index is 0.166. The number of anilines is 1. The molecule has 1 aliphatic rings. The van der Waals surface area contributed by atoms with Crippen molar-refractivity contribution >= 4 is 17.6 Å². The van der Waals surface area contributed by atoms with Crippen molar-refractivity contribution in [2.24, 2.45) is 0 Å². The fourth-order valence-electron chi connectivity index (χ4n) is 2.97. The molecule has 0 aromatic heterocycles. The summed E-state index contributed by atoms with van der Waals surface area (Å²) in [4.78, 5) is 25.1. The van der Waals surface area contributed by atoms with Gasteiger partial charge in [0.25, 0.3) is 5.91 Å². The molecule has 1 atom stereocenters. The van der Waals surface area contributed by atoms with Crippen LogP contribution in [0.1, 0.15) is 22.3 Å². The zero-order valence-corrected chi connectivity index (χ0v) is 14.3. The Bertz CT molecular complexity index is 895. The van der Waals surface area contributed by atoms with Gasteiger partial charge in [-0.3, -0.25) is 4.79 Å². The molecule has 0 aliphatic carbocycles. The maximum absolute atomic E-state index is 13.2. The van der Waals surface area contributed by atoms with Crippen LogP contribution in [-0.4, -0.2) is 36.7 Å². The van der Waals surface area contributed by atoms with E-state index in [1.54, 1.807) is 24.3 Å². The number of carbonyl (C=O) groups is 2. The van der Waals surface area contributed by atoms with E-state index in [9.17, 15) is 27.9 Å². The molecule has 0 spiro atoms. The van der Waals surface area contributed by atoms with Gasteiger partial charge in [0.05, 0.1) is 18.2 Å². The molecule has 1 unspecified atom stereocenters. The van der Waals surface area contributed by atoms with Crippen LogP contribution in [0.25, 0.3) is 11.1 Å². The van der Waals surface area contributed by atoms with Crippen LogP contribution in [0, 0.1) is 0 Å². The van der Waals surface area contributed by atoms with E-state index in [0.29, 0.717) is 24.2 Å². The van der Waals surface area contributed by atoms with Gasteiger partial charge in [-0.05, 0) is 41.5 Å². The number of benzene rings is 2. The van der Waals surface area contributed by atoms with Gasteiger partial charge >= 0.3 is 12.1 Å². The molecule has 1 amide bonds. The first-order chi connectivity index (χ1) is 12.7. The van der Waals surface area contributed by atoms with Crippen LogP contribution in [0.3, 0.4) is 0 Å². The van der Waals surface area contributed by atoms with Crippen molar-refractivity contribution in [3.63, 3.8) is 0 Å². The lowest BCUT2D eigenvalue weighted by Crippen LogP contribution is -2.28. The first-order valence-electron chi connectivity index (χ1n) is 8.11. The van der Waals surface area contributed by atoms with Crippen LogP contribution in [0.4, 0.5) is 18.9 Å². The quantitative estimate of drug-likeness (QED) is 0.832. The zero-order valence-electron chi connectivity index (χ0n) is 14.3. The van der Waals surface area contributed by atoms with Gasteiger partial charge in [-0.15, -0.1) is 0 Å². The van der Waals surface area contributed by atoms with Gasteiger partial charge in [0.1, 0.15) is 6.10 Å². The summed E-state index contributed by atoms with van der Waals surface area (Å²) >= 11 is 0. The van der Waals surface area contributed by atoms with Crippen molar-refractivity contribution in [3.8, 4) is 11.1 Å². The minimum Gasteiger partial charge on any atom is -0.465 e. The molecule has 1 N–H and O–H groups in total. The average molecular weight is 379 g/mol. The monoisotopic (exact) mass is 379 g/mol. The summed E-state index contributed by atoms with van der Waals surface area (Å²) in [5.74, 6) is -1.33. The highest BCUT2D eigenvalue weighted by molar-refractivity contribution is 5.99. The number of carbonyl (C=O) groups excluding carboxylic acids is 2. The van der Waals surface area contributed by atoms with E-state index in [-0.39, 0.29) is 11.1 Å². The number of hydrogen-bond donors (Lipinski definition) is 1. The Morgan fingerprint density at radius 3 is 2.52 bits per heavy atom. The number of rotatable bonds is 3. The van der Waals surface area contributed by atoms with Gasteiger partial charge < -0.3 is 14.7 Å². The van der Waals surface area contributed by atoms with Crippen molar-refractivity contribution in [2.45, 2.75) is 18.7 Å². The van der Waals surface area contributed by atoms with Gasteiger partial charge in [-0.2, -0.15) is 13.2 Å². The van der Waals surface area contributed by atoms with Gasteiger partial charge in [0.15, 0.2) is 0 Å². The summed E-state index contributed by atoms with van der Waals surface area (Å²) in [7, 11) is 1.09. The van der Waals surface area contributed by atoms with Crippen LogP contribution in [0.15, 0.2) is 42.5 Å². The molecular weight excluding hydrogens is 363 g/mol. The van der Waals surface area contributed by atoms with E-state index in [2.05, 4.69) is 4.74 Å². The summed E-state index contributed by atoms with van der Waals surface area (Å²) in [6.45, 7) is 0.319. The predicted molar refractivity (Wildman–Crippen MR) is 91.2 cm³/mol. The second-order valence-electron chi connectivity index (χ2n) is 6.13. The van der Waals surface area contributed by atoms with Crippen molar-refractivity contribution < 1.29 is 32.6 Å². The molecule has 1 heterocycles. The summed E-state index contributed by atoms with van der Waals surface area (Å²) in [6.07, 6.45) is -5.42. The Morgan fingerprint density at radius 1 is 1.19 bits per heavy atom. The second kappa shape index (κ2) is 7.03. The van der Waals surface area contributed by atoms with E-state index < -0.39 is 29.7 Å². The molecule has 3 rings (SSSR count). The highest BCUT2D eigenvalue weighted by atomic mass is 19.4. The maximum Gasteiger partial charge on any atom is 0.416 e. The molecule has 27 heavy (non-hydrogen) atoms. The number of methoxy groups -OCH3 is 1. The Hall–Kier alpha value is -2.87. The first-order valence-corrected chi connectivity index (χ1v) is 8.11. The smallest absolute Gasteiger partial charge is 0.416 e. The van der Waals surface area contributed by atoms with Crippen LogP contribution in [-0.2, 0) is 15.7 Å². The van der Waals surface area contributed by atoms with Crippen molar-refractivity contribution in [3.05, 3.63) is 53.6 Å². The normalized spacial score (nSPS) is 17.3. The molecule has 1 saturated heterocycles. The third kappa shape index (κ3) is 3.80. The SMILES string of the molecule is COC(=O)c1cc(-c2cccc(N3CCC(O)C3=O)c2)cc(C(F)(F)F)c1. The van der Waals surface area contributed by atoms with E-state index in [0.717, 1.165) is 19.2 Å². The summed E-state index contributed by atoms with van der Waals surface area (Å²) in [6, 6.07) is 9.34. The molecule has 1 fully saturated rings. The van der Waals surface area contributed by atoms with E-state index in [1.165, 1.54) is 11.0 Å². The lowest BCUT2D eigenvalue weighted by molar-refractivity contribution is -0.137. The average Bonchev–Trinajstić information content (AvgIpc) is 2.99. The van der Waals surface area contributed by atoms with Crippen LogP contribution < -0.4 is 4.90 Å². The number of alkyl halides is 3. The number of aliphatic hydroxyl groups is 1. The number of hydrogen-bond acceptors (Lipinski definition) is 4. The molecule has 8 heteroatoms. The molecule has 0 bridgehead atoms. The maximum atomic E-state index is 13.2. The van der Waals surface area contributed by atoms with Crippen LogP contribution in [0.5, 0.6) is 0 Å². The van der Waals surface area contributed by atoms with Gasteiger partial charge in [-0.1, -0.05) is 12.1 Å². The fourth-order valence-corrected chi connectivity index (χ4v) is 2.97. The third-order valence-corrected chi connectivity index (χ3v) is 4.35. The Morgan fingerprint density at radius 2 is 1.93 bits per heavy atom. The molecule has 142 valence electrons. The number of aliphatic hydroxyl groups excluding tert-OH is 1. The Kier molecular flexibility index (Phi) is 4.93. The minimum atomic E-state index is -4.63. The molecule has 1 aliphatic heterocycles. The Labute approximate surface area is 153 Å². The zero-order chi connectivity index (χ0) is 19.8. The number of amides is 1. The number of halogens is 3. The Balaban J connectivity index is 2.07. The van der Waals surface area contributed by atoms with Crippen molar-refractivity contribution in [2.75, 3.05) is 18.6 Å². The molecule has 5 nitrogen and oxygen atoms in total. The molecular formula is C19H16F3NO4. The summed E-state index contributed by atoms with van der Waals surface area (Å²) < 4.78 is 44.2. The summed E-state index contributed by atoms with van der Waals surface area (Å²) in [5.41, 5.74) is -0.165. The molecule has 2 aromatic rings. The summed E-state index contributed by atoms with van der Waals surface area (Å²) in [5, 5.41) is 9.60. The van der Waals surface area contributed by atoms with E-state index in [1.807, 2.05) is 0 Å². The topological polar surface area (TPSA) is 66.8 Å². The predicted octanol–water partition coefficient (Wildman–Crippen LogP) is 3.26. The van der Waals surface area contributed by atoms with Gasteiger partial charge in [0.2, 0.25) is 0 Å². The third-order valence-electron chi connectivity index (χ3n) is 4.35. The fraction of sp³-hybridized carbons (Fsp3) is 0.263. The van der Waals surface area contributed by atoms with Crippen LogP contribution in [0.2, 0.25) is 0 Å². The van der Waals surface area contributed by atoms with Gasteiger partial charge in [0, 0.05) is 18.7 Å². The van der Waals surface area contributed by atoms with Gasteiger partial charge in [-0.25, -0.2) is 4.79 Å². The molecule has 2 aromatic carbocycles. The molecule has 0 radical (unpaired) electrons. The standard InChI is InChI=1S/C19H16F3NO4/c1-27-18(26)13-7-12(8-14(9-13)19(20,21)22)11-3-2-4-15(10-11)23-6-5-16(24)17(23)25/h2-4,7-10,16,24H,5-6H2,1H3. The molecule has 0 saturated carbocycles. The first kappa shape index (κ1) is 18.9. The highest BCUT2D eigenvalue weighted by Gasteiger charge is 2.33. The van der Waals surface area contributed by atoms with Crippen molar-refractivity contribution in [1.29, 1.82) is 0 Å². The largest absolute Gasteiger partial charge is 0.465 e.